The number of carbonyl (C=O) groups is 1. The highest BCUT2D eigenvalue weighted by Gasteiger charge is 2.74. The van der Waals surface area contributed by atoms with Gasteiger partial charge >= 0.3 is 24.1 Å². The van der Waals surface area contributed by atoms with Crippen molar-refractivity contribution in [2.24, 2.45) is 5.73 Å². The number of nitrogens with two attached hydrogens (primary N) is 1. The molecule has 3 N–H and O–H groups in total. The van der Waals surface area contributed by atoms with Crippen LogP contribution in [0.15, 0.2) is 0 Å². The third kappa shape index (κ3) is 2.96. The molecule has 0 bridgehead atoms. The van der Waals surface area contributed by atoms with E-state index in [0.29, 0.717) is 12.8 Å². The molecule has 1 aliphatic rings. The average molecular weight is 360 g/mol. The van der Waals surface area contributed by atoms with Crippen LogP contribution in [-0.4, -0.2) is 28.1 Å². The van der Waals surface area contributed by atoms with Crippen LogP contribution in [0.25, 0.3) is 0 Å². The van der Waals surface area contributed by atoms with Crippen molar-refractivity contribution in [1.29, 1.82) is 0 Å². The Kier molecular flexibility index (Phi) is 4.35. The second-order valence-electron chi connectivity index (χ2n) is 5.16. The SMILES string of the molecule is NC(=O)Nc1nc2c(c(C(F)(F)C(F)(F)C(F)(F)F)n1)CCCC2. The van der Waals surface area contributed by atoms with Crippen molar-refractivity contribution in [3.05, 3.63) is 17.0 Å². The third-order valence-corrected chi connectivity index (χ3v) is 3.47. The molecule has 0 unspecified atom stereocenters. The van der Waals surface area contributed by atoms with Crippen LogP contribution in [0.5, 0.6) is 0 Å². The van der Waals surface area contributed by atoms with Gasteiger partial charge < -0.3 is 5.73 Å². The number of carbonyl (C=O) groups excluding carboxylic acids is 1. The monoisotopic (exact) mass is 360 g/mol. The molecule has 2 amide bonds. The Morgan fingerprint density at radius 2 is 1.58 bits per heavy atom. The molecule has 0 aliphatic heterocycles. The molecule has 1 heterocycles. The molecular formula is C12H11F7N4O. The maximum Gasteiger partial charge on any atom is 0.460 e. The molecule has 5 nitrogen and oxygen atoms in total. The maximum absolute atomic E-state index is 14.0. The van der Waals surface area contributed by atoms with E-state index in [-0.39, 0.29) is 18.5 Å². The van der Waals surface area contributed by atoms with Crippen LogP contribution in [0.4, 0.5) is 41.5 Å². The Balaban J connectivity index is 2.65. The molecule has 1 aromatic heterocycles. The number of alkyl halides is 7. The van der Waals surface area contributed by atoms with Crippen molar-refractivity contribution < 1.29 is 35.5 Å². The van der Waals surface area contributed by atoms with E-state index in [1.165, 1.54) is 0 Å². The predicted octanol–water partition coefficient (Wildman–Crippen LogP) is 3.14. The van der Waals surface area contributed by atoms with E-state index in [1.54, 1.807) is 5.32 Å². The van der Waals surface area contributed by atoms with E-state index >= 15 is 0 Å². The van der Waals surface area contributed by atoms with Gasteiger partial charge in [-0.3, -0.25) is 5.32 Å². The van der Waals surface area contributed by atoms with Crippen LogP contribution in [0.2, 0.25) is 0 Å². The van der Waals surface area contributed by atoms with Gasteiger partial charge in [0, 0.05) is 11.3 Å². The van der Waals surface area contributed by atoms with Gasteiger partial charge in [0.2, 0.25) is 5.95 Å². The number of urea groups is 1. The number of fused-ring (bicyclic) bond motifs is 1. The molecule has 0 saturated heterocycles. The molecule has 1 aliphatic carbocycles. The number of hydrogen-bond acceptors (Lipinski definition) is 3. The fourth-order valence-corrected chi connectivity index (χ4v) is 2.35. The zero-order valence-corrected chi connectivity index (χ0v) is 11.9. The Labute approximate surface area is 130 Å². The number of halogens is 7. The predicted molar refractivity (Wildman–Crippen MR) is 66.8 cm³/mol. The fourth-order valence-electron chi connectivity index (χ4n) is 2.35. The molecule has 0 radical (unpaired) electrons. The second kappa shape index (κ2) is 5.74. The minimum Gasteiger partial charge on any atom is -0.351 e. The average Bonchev–Trinajstić information content (AvgIpc) is 2.44. The van der Waals surface area contributed by atoms with E-state index in [4.69, 9.17) is 5.73 Å². The summed E-state index contributed by atoms with van der Waals surface area (Å²) in [4.78, 5) is 17.5. The Hall–Kier alpha value is -2.14. The summed E-state index contributed by atoms with van der Waals surface area (Å²) in [6.45, 7) is 0. The normalized spacial score (nSPS) is 15.8. The van der Waals surface area contributed by atoms with Gasteiger partial charge in [0.05, 0.1) is 0 Å². The van der Waals surface area contributed by atoms with E-state index in [2.05, 4.69) is 9.97 Å². The largest absolute Gasteiger partial charge is 0.460 e. The molecule has 0 fully saturated rings. The molecule has 0 aromatic carbocycles. The van der Waals surface area contributed by atoms with Crippen LogP contribution in [-0.2, 0) is 18.8 Å². The van der Waals surface area contributed by atoms with Crippen molar-refractivity contribution in [3.63, 3.8) is 0 Å². The number of amides is 2. The van der Waals surface area contributed by atoms with Crippen molar-refractivity contribution in [2.75, 3.05) is 5.32 Å². The summed E-state index contributed by atoms with van der Waals surface area (Å²) in [5.74, 6) is -12.8. The van der Waals surface area contributed by atoms with E-state index < -0.39 is 41.3 Å². The summed E-state index contributed by atoms with van der Waals surface area (Å²) < 4.78 is 91.9. The highest BCUT2D eigenvalue weighted by molar-refractivity contribution is 5.85. The molecule has 0 spiro atoms. The number of nitrogens with zero attached hydrogens (tertiary/aromatic N) is 2. The number of hydrogen-bond donors (Lipinski definition) is 2. The smallest absolute Gasteiger partial charge is 0.351 e. The lowest BCUT2D eigenvalue weighted by Crippen LogP contribution is -2.51. The lowest BCUT2D eigenvalue weighted by molar-refractivity contribution is -0.360. The van der Waals surface area contributed by atoms with Crippen LogP contribution in [0, 0.1) is 0 Å². The molecule has 134 valence electrons. The lowest BCUT2D eigenvalue weighted by Gasteiger charge is -2.30. The molecular weight excluding hydrogens is 349 g/mol. The van der Waals surface area contributed by atoms with Crippen molar-refractivity contribution in [3.8, 4) is 0 Å². The Bertz CT molecular complexity index is 660. The van der Waals surface area contributed by atoms with Gasteiger partial charge in [0.25, 0.3) is 0 Å². The van der Waals surface area contributed by atoms with E-state index in [0.717, 1.165) is 0 Å². The first-order valence-electron chi connectivity index (χ1n) is 6.67. The molecule has 12 heteroatoms. The third-order valence-electron chi connectivity index (χ3n) is 3.47. The van der Waals surface area contributed by atoms with E-state index in [1.807, 2.05) is 0 Å². The van der Waals surface area contributed by atoms with Gasteiger partial charge in [0.1, 0.15) is 5.69 Å². The number of rotatable bonds is 3. The summed E-state index contributed by atoms with van der Waals surface area (Å²) in [5, 5.41) is 1.71. The first kappa shape index (κ1) is 18.2. The molecule has 0 saturated carbocycles. The molecule has 0 atom stereocenters. The van der Waals surface area contributed by atoms with Crippen molar-refractivity contribution >= 4 is 12.0 Å². The summed E-state index contributed by atoms with van der Waals surface area (Å²) in [7, 11) is 0. The van der Waals surface area contributed by atoms with Crippen molar-refractivity contribution in [1.82, 2.24) is 9.97 Å². The van der Waals surface area contributed by atoms with Crippen LogP contribution >= 0.6 is 0 Å². The van der Waals surface area contributed by atoms with Crippen LogP contribution < -0.4 is 11.1 Å². The summed E-state index contributed by atoms with van der Waals surface area (Å²) in [6, 6.07) is -1.28. The quantitative estimate of drug-likeness (QED) is 0.813. The summed E-state index contributed by atoms with van der Waals surface area (Å²) in [6.07, 6.45) is -5.81. The Morgan fingerprint density at radius 1 is 1.00 bits per heavy atom. The number of aryl methyl sites for hydroxylation is 1. The first-order chi connectivity index (χ1) is 10.9. The molecule has 1 aromatic rings. The highest BCUT2D eigenvalue weighted by Crippen LogP contribution is 2.52. The number of anilines is 1. The zero-order chi connectivity index (χ0) is 18.3. The van der Waals surface area contributed by atoms with Gasteiger partial charge in [0.15, 0.2) is 0 Å². The van der Waals surface area contributed by atoms with Gasteiger partial charge in [-0.15, -0.1) is 0 Å². The first-order valence-corrected chi connectivity index (χ1v) is 6.67. The topological polar surface area (TPSA) is 80.9 Å². The van der Waals surface area contributed by atoms with Crippen LogP contribution in [0.1, 0.15) is 29.8 Å². The summed E-state index contributed by atoms with van der Waals surface area (Å²) >= 11 is 0. The Morgan fingerprint density at radius 3 is 2.12 bits per heavy atom. The minimum absolute atomic E-state index is 0.0754. The lowest BCUT2D eigenvalue weighted by atomic mass is 9.91. The fraction of sp³-hybridized carbons (Fsp3) is 0.583. The second-order valence-corrected chi connectivity index (χ2v) is 5.16. The number of aromatic nitrogens is 2. The van der Waals surface area contributed by atoms with Crippen molar-refractivity contribution in [2.45, 2.75) is 43.7 Å². The molecule has 24 heavy (non-hydrogen) atoms. The van der Waals surface area contributed by atoms with Gasteiger partial charge in [-0.1, -0.05) is 0 Å². The zero-order valence-electron chi connectivity index (χ0n) is 11.9. The standard InChI is InChI=1S/C12H11F7N4O/c13-10(14,11(15,16)12(17,18)19)7-5-3-1-2-4-6(5)21-9(22-7)23-8(20)24/h1-4H2,(H3,20,21,22,23,24). The van der Waals surface area contributed by atoms with Gasteiger partial charge in [-0.25, -0.2) is 14.8 Å². The van der Waals surface area contributed by atoms with Gasteiger partial charge in [-0.05, 0) is 25.7 Å². The van der Waals surface area contributed by atoms with E-state index in [9.17, 15) is 35.5 Å². The summed E-state index contributed by atoms with van der Waals surface area (Å²) in [5.41, 5.74) is 2.43. The van der Waals surface area contributed by atoms with Crippen LogP contribution in [0.3, 0.4) is 0 Å². The minimum atomic E-state index is -6.49. The van der Waals surface area contributed by atoms with Gasteiger partial charge in [-0.2, -0.15) is 30.7 Å². The highest BCUT2D eigenvalue weighted by atomic mass is 19.4. The number of primary amides is 1. The number of nitrogens with one attached hydrogen (secondary N) is 1. The maximum atomic E-state index is 14.0. The molecule has 2 rings (SSSR count).